The molecule has 1 aromatic heterocycles. The molecule has 1 saturated heterocycles. The molecule has 0 radical (unpaired) electrons. The summed E-state index contributed by atoms with van der Waals surface area (Å²) >= 11 is 0. The van der Waals surface area contributed by atoms with Crippen LogP contribution in [-0.4, -0.2) is 40.1 Å². The van der Waals surface area contributed by atoms with Crippen LogP contribution in [0.1, 0.15) is 29.7 Å². The fraction of sp³-hybridized carbons (Fsp3) is 0.421. The van der Waals surface area contributed by atoms with Gasteiger partial charge in [-0.1, -0.05) is 6.07 Å². The van der Waals surface area contributed by atoms with E-state index in [1.54, 1.807) is 4.90 Å². The van der Waals surface area contributed by atoms with E-state index >= 15 is 0 Å². The van der Waals surface area contributed by atoms with Crippen molar-refractivity contribution in [2.75, 3.05) is 18.4 Å². The van der Waals surface area contributed by atoms with Crippen molar-refractivity contribution in [3.63, 3.8) is 0 Å². The fourth-order valence-electron chi connectivity index (χ4n) is 3.17. The SMILES string of the molecule is Cc1cc(C)cc(NC(=O)N2CCCC(Oc3nccc(C(F)(F)F)n3)C2)c1. The smallest absolute Gasteiger partial charge is 0.433 e. The van der Waals surface area contributed by atoms with Crippen LogP contribution in [0.15, 0.2) is 30.5 Å². The van der Waals surface area contributed by atoms with Crippen molar-refractivity contribution >= 4 is 11.7 Å². The summed E-state index contributed by atoms with van der Waals surface area (Å²) in [6.45, 7) is 4.68. The van der Waals surface area contributed by atoms with Gasteiger partial charge in [0, 0.05) is 18.4 Å². The van der Waals surface area contributed by atoms with E-state index in [2.05, 4.69) is 15.3 Å². The quantitative estimate of drug-likeness (QED) is 0.848. The molecule has 1 unspecified atom stereocenters. The zero-order valence-corrected chi connectivity index (χ0v) is 15.6. The van der Waals surface area contributed by atoms with Crippen molar-refractivity contribution in [1.29, 1.82) is 0 Å². The summed E-state index contributed by atoms with van der Waals surface area (Å²) < 4.78 is 43.8. The molecular formula is C19H21F3N4O2. The molecule has 6 nitrogen and oxygen atoms in total. The second-order valence-electron chi connectivity index (χ2n) is 6.86. The van der Waals surface area contributed by atoms with E-state index in [0.29, 0.717) is 25.1 Å². The van der Waals surface area contributed by atoms with E-state index in [1.165, 1.54) is 0 Å². The van der Waals surface area contributed by atoms with Gasteiger partial charge in [-0.2, -0.15) is 18.2 Å². The van der Waals surface area contributed by atoms with E-state index in [-0.39, 0.29) is 18.6 Å². The van der Waals surface area contributed by atoms with Gasteiger partial charge in [-0.25, -0.2) is 9.78 Å². The number of aryl methyl sites for hydroxylation is 2. The number of halogens is 3. The van der Waals surface area contributed by atoms with Crippen molar-refractivity contribution in [2.45, 2.75) is 39.0 Å². The second-order valence-corrected chi connectivity index (χ2v) is 6.86. The molecule has 150 valence electrons. The van der Waals surface area contributed by atoms with Gasteiger partial charge in [0.05, 0.1) is 6.54 Å². The number of amides is 2. The van der Waals surface area contributed by atoms with Crippen LogP contribution in [-0.2, 0) is 6.18 Å². The lowest BCUT2D eigenvalue weighted by Gasteiger charge is -2.32. The van der Waals surface area contributed by atoms with E-state index < -0.39 is 18.0 Å². The van der Waals surface area contributed by atoms with Crippen molar-refractivity contribution in [3.05, 3.63) is 47.3 Å². The number of likely N-dealkylation sites (tertiary alicyclic amines) is 1. The van der Waals surface area contributed by atoms with Crippen molar-refractivity contribution in [2.24, 2.45) is 0 Å². The van der Waals surface area contributed by atoms with Crippen molar-refractivity contribution in [1.82, 2.24) is 14.9 Å². The third-order valence-corrected chi connectivity index (χ3v) is 4.33. The first-order chi connectivity index (χ1) is 13.2. The zero-order chi connectivity index (χ0) is 20.3. The normalized spacial score (nSPS) is 17.3. The number of nitrogens with zero attached hydrogens (tertiary/aromatic N) is 3. The van der Waals surface area contributed by atoms with Crippen LogP contribution in [0.25, 0.3) is 0 Å². The highest BCUT2D eigenvalue weighted by Gasteiger charge is 2.33. The third-order valence-electron chi connectivity index (χ3n) is 4.33. The van der Waals surface area contributed by atoms with Crippen LogP contribution in [0.3, 0.4) is 0 Å². The zero-order valence-electron chi connectivity index (χ0n) is 15.6. The summed E-state index contributed by atoms with van der Waals surface area (Å²) in [5, 5.41) is 2.86. The summed E-state index contributed by atoms with van der Waals surface area (Å²) in [4.78, 5) is 21.3. The number of hydrogen-bond donors (Lipinski definition) is 1. The van der Waals surface area contributed by atoms with E-state index in [9.17, 15) is 18.0 Å². The third kappa shape index (κ3) is 5.11. The summed E-state index contributed by atoms with van der Waals surface area (Å²) in [5.74, 6) is 0. The van der Waals surface area contributed by atoms with Gasteiger partial charge in [-0.3, -0.25) is 0 Å². The molecule has 9 heteroatoms. The maximum atomic E-state index is 12.8. The van der Waals surface area contributed by atoms with Crippen molar-refractivity contribution in [3.8, 4) is 6.01 Å². The number of ether oxygens (including phenoxy) is 1. The number of rotatable bonds is 3. The molecule has 1 aliphatic heterocycles. The number of alkyl halides is 3. The Hall–Kier alpha value is -2.84. The summed E-state index contributed by atoms with van der Waals surface area (Å²) in [6, 6.07) is 5.94. The van der Waals surface area contributed by atoms with Gasteiger partial charge in [-0.15, -0.1) is 0 Å². The lowest BCUT2D eigenvalue weighted by molar-refractivity contribution is -0.141. The maximum absolute atomic E-state index is 12.8. The number of hydrogen-bond acceptors (Lipinski definition) is 4. The van der Waals surface area contributed by atoms with Crippen LogP contribution in [0.2, 0.25) is 0 Å². The van der Waals surface area contributed by atoms with Crippen LogP contribution in [0.4, 0.5) is 23.7 Å². The van der Waals surface area contributed by atoms with Gasteiger partial charge in [0.25, 0.3) is 0 Å². The van der Waals surface area contributed by atoms with Crippen molar-refractivity contribution < 1.29 is 22.7 Å². The molecule has 2 heterocycles. The Labute approximate surface area is 160 Å². The number of carbonyl (C=O) groups excluding carboxylic acids is 1. The van der Waals surface area contributed by atoms with Gasteiger partial charge in [-0.05, 0) is 56.0 Å². The minimum atomic E-state index is -4.56. The number of nitrogens with one attached hydrogen (secondary N) is 1. The molecule has 1 N–H and O–H groups in total. The highest BCUT2D eigenvalue weighted by atomic mass is 19.4. The molecule has 0 bridgehead atoms. The first kappa shape index (κ1) is 19.9. The van der Waals surface area contributed by atoms with E-state index in [0.717, 1.165) is 23.4 Å². The lowest BCUT2D eigenvalue weighted by atomic mass is 10.1. The summed E-state index contributed by atoms with van der Waals surface area (Å²) in [6.07, 6.45) is -2.75. The lowest BCUT2D eigenvalue weighted by Crippen LogP contribution is -2.46. The molecule has 3 rings (SSSR count). The van der Waals surface area contributed by atoms with Crippen LogP contribution >= 0.6 is 0 Å². The number of aromatic nitrogens is 2. The van der Waals surface area contributed by atoms with E-state index in [4.69, 9.17) is 4.74 Å². The molecule has 1 atom stereocenters. The standard InChI is InChI=1S/C19H21F3N4O2/c1-12-8-13(2)10-14(9-12)24-18(27)26-7-3-4-15(11-26)28-17-23-6-5-16(25-17)19(20,21)22/h5-6,8-10,15H,3-4,7,11H2,1-2H3,(H,24,27). The average Bonchev–Trinajstić information content (AvgIpc) is 2.60. The Morgan fingerprint density at radius 3 is 2.64 bits per heavy atom. The largest absolute Gasteiger partial charge is 0.458 e. The highest BCUT2D eigenvalue weighted by molar-refractivity contribution is 5.89. The molecule has 2 aromatic rings. The minimum Gasteiger partial charge on any atom is -0.458 e. The van der Waals surface area contributed by atoms with Gasteiger partial charge < -0.3 is 15.0 Å². The topological polar surface area (TPSA) is 67.4 Å². The van der Waals surface area contributed by atoms with Gasteiger partial charge in [0.2, 0.25) is 0 Å². The number of piperidine rings is 1. The first-order valence-corrected chi connectivity index (χ1v) is 8.92. The fourth-order valence-corrected chi connectivity index (χ4v) is 3.17. The molecule has 0 saturated carbocycles. The van der Waals surface area contributed by atoms with Gasteiger partial charge in [0.1, 0.15) is 6.10 Å². The molecule has 1 aromatic carbocycles. The van der Waals surface area contributed by atoms with Crippen LogP contribution in [0.5, 0.6) is 6.01 Å². The predicted octanol–water partition coefficient (Wildman–Crippen LogP) is 4.19. The minimum absolute atomic E-state index is 0.246. The number of carbonyl (C=O) groups is 1. The number of anilines is 1. The van der Waals surface area contributed by atoms with Crippen LogP contribution in [0, 0.1) is 13.8 Å². The Morgan fingerprint density at radius 1 is 1.25 bits per heavy atom. The average molecular weight is 394 g/mol. The Kier molecular flexibility index (Phi) is 5.71. The Bertz CT molecular complexity index is 837. The molecule has 1 aliphatic rings. The molecule has 28 heavy (non-hydrogen) atoms. The molecule has 1 fully saturated rings. The predicted molar refractivity (Wildman–Crippen MR) is 97.2 cm³/mol. The monoisotopic (exact) mass is 394 g/mol. The summed E-state index contributed by atoms with van der Waals surface area (Å²) in [5.41, 5.74) is 1.72. The van der Waals surface area contributed by atoms with Gasteiger partial charge in [0.15, 0.2) is 5.69 Å². The maximum Gasteiger partial charge on any atom is 0.433 e. The number of urea groups is 1. The Morgan fingerprint density at radius 2 is 1.96 bits per heavy atom. The van der Waals surface area contributed by atoms with Gasteiger partial charge >= 0.3 is 18.2 Å². The molecule has 0 spiro atoms. The molecular weight excluding hydrogens is 373 g/mol. The first-order valence-electron chi connectivity index (χ1n) is 8.92. The molecule has 0 aliphatic carbocycles. The Balaban J connectivity index is 1.63. The highest BCUT2D eigenvalue weighted by Crippen LogP contribution is 2.28. The molecule has 2 amide bonds. The second kappa shape index (κ2) is 8.04. The van der Waals surface area contributed by atoms with Crippen LogP contribution < -0.4 is 10.1 Å². The summed E-state index contributed by atoms with van der Waals surface area (Å²) in [7, 11) is 0. The van der Waals surface area contributed by atoms with E-state index in [1.807, 2.05) is 32.0 Å². The number of benzene rings is 1.